The molecule has 5 nitrogen and oxygen atoms in total. The lowest BCUT2D eigenvalue weighted by Gasteiger charge is -2.25. The van der Waals surface area contributed by atoms with Gasteiger partial charge in [0.2, 0.25) is 0 Å². The first kappa shape index (κ1) is 11.8. The molecule has 98 valence electrons. The summed E-state index contributed by atoms with van der Waals surface area (Å²) in [6.45, 7) is 3.07. The smallest absolute Gasteiger partial charge is 0.292 e. The molecule has 3 rings (SSSR count). The molecule has 0 atom stereocenters. The summed E-state index contributed by atoms with van der Waals surface area (Å²) in [6, 6.07) is 7.78. The highest BCUT2D eigenvalue weighted by Crippen LogP contribution is 2.22. The molecule has 1 amide bonds. The number of fused-ring (bicyclic) bond motifs is 1. The van der Waals surface area contributed by atoms with Crippen LogP contribution in [0.4, 0.5) is 6.01 Å². The van der Waals surface area contributed by atoms with Gasteiger partial charge in [0, 0.05) is 18.5 Å². The molecule has 1 aliphatic heterocycles. The summed E-state index contributed by atoms with van der Waals surface area (Å²) in [4.78, 5) is 18.3. The van der Waals surface area contributed by atoms with Crippen molar-refractivity contribution in [2.24, 2.45) is 0 Å². The van der Waals surface area contributed by atoms with Gasteiger partial charge in [-0.3, -0.25) is 4.79 Å². The second kappa shape index (κ2) is 4.42. The summed E-state index contributed by atoms with van der Waals surface area (Å²) >= 11 is 0. The molecule has 0 unspecified atom stereocenters. The minimum atomic E-state index is 0.0240. The Balaban J connectivity index is 1.83. The van der Waals surface area contributed by atoms with Crippen molar-refractivity contribution >= 4 is 11.9 Å². The molecule has 0 spiro atoms. The maximum Gasteiger partial charge on any atom is 0.292 e. The first-order chi connectivity index (χ1) is 9.13. The van der Waals surface area contributed by atoms with E-state index < -0.39 is 0 Å². The minimum Gasteiger partial charge on any atom is -0.428 e. The number of rotatable bonds is 1. The predicted octanol–water partition coefficient (Wildman–Crippen LogP) is 1.76. The number of nitrogens with two attached hydrogens (primary N) is 1. The Morgan fingerprint density at radius 3 is 3.11 bits per heavy atom. The third kappa shape index (κ3) is 2.19. The van der Waals surface area contributed by atoms with E-state index in [9.17, 15) is 4.79 Å². The fraction of sp³-hybridized carbons (Fsp3) is 0.286. The lowest BCUT2D eigenvalue weighted by Crippen LogP contribution is -2.35. The van der Waals surface area contributed by atoms with E-state index >= 15 is 0 Å². The molecule has 1 aromatic carbocycles. The molecule has 5 heteroatoms. The Hall–Kier alpha value is -2.30. The SMILES string of the molecule is Cc1cccc(C(=O)N2CCc3oc(N)nc3C2)c1. The number of oxazole rings is 1. The van der Waals surface area contributed by atoms with Crippen LogP contribution in [-0.4, -0.2) is 22.3 Å². The second-order valence-electron chi connectivity index (χ2n) is 4.77. The van der Waals surface area contributed by atoms with E-state index in [4.69, 9.17) is 10.2 Å². The minimum absolute atomic E-state index is 0.0240. The second-order valence-corrected chi connectivity index (χ2v) is 4.77. The van der Waals surface area contributed by atoms with Gasteiger partial charge in [-0.25, -0.2) is 0 Å². The number of aryl methyl sites for hydroxylation is 1. The van der Waals surface area contributed by atoms with Gasteiger partial charge in [-0.05, 0) is 19.1 Å². The Bertz CT molecular complexity index is 633. The lowest BCUT2D eigenvalue weighted by molar-refractivity contribution is 0.0728. The zero-order valence-electron chi connectivity index (χ0n) is 10.7. The average Bonchev–Trinajstić information content (AvgIpc) is 2.76. The highest BCUT2D eigenvalue weighted by atomic mass is 16.4. The van der Waals surface area contributed by atoms with E-state index in [-0.39, 0.29) is 11.9 Å². The van der Waals surface area contributed by atoms with E-state index in [1.807, 2.05) is 31.2 Å². The molecule has 0 saturated heterocycles. The molecule has 0 bridgehead atoms. The van der Waals surface area contributed by atoms with Crippen molar-refractivity contribution in [3.63, 3.8) is 0 Å². The zero-order valence-corrected chi connectivity index (χ0v) is 10.7. The number of amides is 1. The number of hydrogen-bond acceptors (Lipinski definition) is 4. The molecule has 19 heavy (non-hydrogen) atoms. The van der Waals surface area contributed by atoms with Crippen molar-refractivity contribution in [1.82, 2.24) is 9.88 Å². The van der Waals surface area contributed by atoms with Gasteiger partial charge in [-0.2, -0.15) is 4.98 Å². The average molecular weight is 257 g/mol. The molecule has 0 aliphatic carbocycles. The highest BCUT2D eigenvalue weighted by Gasteiger charge is 2.25. The maximum absolute atomic E-state index is 12.4. The summed E-state index contributed by atoms with van der Waals surface area (Å²) in [5.41, 5.74) is 8.08. The Morgan fingerprint density at radius 2 is 2.32 bits per heavy atom. The lowest BCUT2D eigenvalue weighted by atomic mass is 10.1. The molecule has 1 aliphatic rings. The number of nitrogen functional groups attached to an aromatic ring is 1. The molecule has 0 saturated carbocycles. The molecule has 2 aromatic rings. The number of carbonyl (C=O) groups is 1. The van der Waals surface area contributed by atoms with Crippen molar-refractivity contribution in [3.8, 4) is 0 Å². The third-order valence-corrected chi connectivity index (χ3v) is 3.30. The van der Waals surface area contributed by atoms with Crippen LogP contribution in [0.1, 0.15) is 27.4 Å². The molecule has 1 aromatic heterocycles. The van der Waals surface area contributed by atoms with Gasteiger partial charge >= 0.3 is 0 Å². The summed E-state index contributed by atoms with van der Waals surface area (Å²) in [6.07, 6.45) is 0.664. The molecule has 2 heterocycles. The van der Waals surface area contributed by atoms with Crippen LogP contribution in [0.5, 0.6) is 0 Å². The predicted molar refractivity (Wildman–Crippen MR) is 70.5 cm³/mol. The van der Waals surface area contributed by atoms with Crippen LogP contribution < -0.4 is 5.73 Å². The summed E-state index contributed by atoms with van der Waals surface area (Å²) in [5, 5.41) is 0. The Morgan fingerprint density at radius 1 is 1.47 bits per heavy atom. The fourth-order valence-corrected chi connectivity index (χ4v) is 2.35. The fourth-order valence-electron chi connectivity index (χ4n) is 2.35. The summed E-state index contributed by atoms with van der Waals surface area (Å²) in [7, 11) is 0. The van der Waals surface area contributed by atoms with Crippen molar-refractivity contribution in [2.75, 3.05) is 12.3 Å². The highest BCUT2D eigenvalue weighted by molar-refractivity contribution is 5.94. The van der Waals surface area contributed by atoms with Gasteiger partial charge in [0.05, 0.1) is 6.54 Å². The maximum atomic E-state index is 12.4. The van der Waals surface area contributed by atoms with E-state index in [1.165, 1.54) is 0 Å². The zero-order chi connectivity index (χ0) is 13.4. The van der Waals surface area contributed by atoms with Crippen LogP contribution in [0.25, 0.3) is 0 Å². The molecular formula is C14H15N3O2. The van der Waals surface area contributed by atoms with Gasteiger partial charge in [-0.1, -0.05) is 17.7 Å². The normalized spacial score (nSPS) is 14.3. The van der Waals surface area contributed by atoms with Gasteiger partial charge in [0.25, 0.3) is 11.9 Å². The number of carbonyl (C=O) groups excluding carboxylic acids is 1. The summed E-state index contributed by atoms with van der Waals surface area (Å²) < 4.78 is 5.29. The number of nitrogens with zero attached hydrogens (tertiary/aromatic N) is 2. The van der Waals surface area contributed by atoms with E-state index in [0.717, 1.165) is 17.0 Å². The first-order valence-corrected chi connectivity index (χ1v) is 6.23. The van der Waals surface area contributed by atoms with Crippen LogP contribution in [0.15, 0.2) is 28.7 Å². The van der Waals surface area contributed by atoms with Gasteiger partial charge in [0.1, 0.15) is 11.5 Å². The molecule has 2 N–H and O–H groups in total. The number of aromatic nitrogens is 1. The molecule has 0 fully saturated rings. The van der Waals surface area contributed by atoms with Crippen LogP contribution in [0.3, 0.4) is 0 Å². The van der Waals surface area contributed by atoms with Gasteiger partial charge in [-0.15, -0.1) is 0 Å². The number of hydrogen-bond donors (Lipinski definition) is 1. The largest absolute Gasteiger partial charge is 0.428 e. The van der Waals surface area contributed by atoms with Crippen molar-refractivity contribution in [2.45, 2.75) is 19.9 Å². The standard InChI is InChI=1S/C14H15N3O2/c1-9-3-2-4-10(7-9)13(18)17-6-5-12-11(8-17)16-14(15)19-12/h2-4,7H,5-6,8H2,1H3,(H2,15,16). The van der Waals surface area contributed by atoms with Crippen LogP contribution in [0, 0.1) is 6.92 Å². The topological polar surface area (TPSA) is 72.4 Å². The van der Waals surface area contributed by atoms with Crippen molar-refractivity contribution in [1.29, 1.82) is 0 Å². The van der Waals surface area contributed by atoms with Crippen LogP contribution in [0.2, 0.25) is 0 Å². The van der Waals surface area contributed by atoms with Gasteiger partial charge < -0.3 is 15.1 Å². The number of anilines is 1. The molecule has 0 radical (unpaired) electrons. The van der Waals surface area contributed by atoms with Crippen LogP contribution in [-0.2, 0) is 13.0 Å². The van der Waals surface area contributed by atoms with Crippen LogP contribution >= 0.6 is 0 Å². The van der Waals surface area contributed by atoms with Crippen molar-refractivity contribution < 1.29 is 9.21 Å². The van der Waals surface area contributed by atoms with E-state index in [1.54, 1.807) is 4.90 Å². The third-order valence-electron chi connectivity index (χ3n) is 3.30. The van der Waals surface area contributed by atoms with E-state index in [0.29, 0.717) is 25.1 Å². The monoisotopic (exact) mass is 257 g/mol. The molecular weight excluding hydrogens is 242 g/mol. The number of benzene rings is 1. The van der Waals surface area contributed by atoms with Crippen molar-refractivity contribution in [3.05, 3.63) is 46.8 Å². The summed E-state index contributed by atoms with van der Waals surface area (Å²) in [5.74, 6) is 0.821. The Labute approximate surface area is 111 Å². The first-order valence-electron chi connectivity index (χ1n) is 6.23. The quantitative estimate of drug-likeness (QED) is 0.845. The Kier molecular flexibility index (Phi) is 2.74. The van der Waals surface area contributed by atoms with Gasteiger partial charge in [0.15, 0.2) is 0 Å². The van der Waals surface area contributed by atoms with E-state index in [2.05, 4.69) is 4.98 Å².